The van der Waals surface area contributed by atoms with Crippen molar-refractivity contribution >= 4 is 11.7 Å². The van der Waals surface area contributed by atoms with Gasteiger partial charge in [-0.2, -0.15) is 0 Å². The van der Waals surface area contributed by atoms with Gasteiger partial charge in [0.05, 0.1) is 0 Å². The lowest BCUT2D eigenvalue weighted by atomic mass is 10.2. The standard InChI is InChI=1S/C11H17N5O/c1-8-7-16(6-5-13-8)10-4-3-9(14-15-10)11(17)12-2/h3-4,8,13H,5-7H2,1-2H3,(H,12,17)/t8-/m1/s1. The van der Waals surface area contributed by atoms with E-state index in [2.05, 4.69) is 32.7 Å². The minimum atomic E-state index is -0.210. The van der Waals surface area contributed by atoms with Crippen LogP contribution < -0.4 is 15.5 Å². The van der Waals surface area contributed by atoms with Gasteiger partial charge < -0.3 is 15.5 Å². The largest absolute Gasteiger partial charge is 0.354 e. The third kappa shape index (κ3) is 2.71. The molecule has 6 nitrogen and oxygen atoms in total. The lowest BCUT2D eigenvalue weighted by molar-refractivity contribution is 0.0957. The number of amides is 1. The molecule has 6 heteroatoms. The maximum Gasteiger partial charge on any atom is 0.271 e. The number of nitrogens with one attached hydrogen (secondary N) is 2. The van der Waals surface area contributed by atoms with E-state index in [-0.39, 0.29) is 5.91 Å². The zero-order chi connectivity index (χ0) is 12.3. The number of hydrogen-bond acceptors (Lipinski definition) is 5. The smallest absolute Gasteiger partial charge is 0.271 e. The SMILES string of the molecule is CNC(=O)c1ccc(N2CCN[C@H](C)C2)nn1. The zero-order valence-electron chi connectivity index (χ0n) is 10.1. The summed E-state index contributed by atoms with van der Waals surface area (Å²) in [6, 6.07) is 3.99. The van der Waals surface area contributed by atoms with Crippen LogP contribution in [-0.4, -0.2) is 48.8 Å². The zero-order valence-corrected chi connectivity index (χ0v) is 10.1. The Morgan fingerprint density at radius 2 is 2.35 bits per heavy atom. The van der Waals surface area contributed by atoms with Crippen molar-refractivity contribution in [2.75, 3.05) is 31.6 Å². The molecule has 0 spiro atoms. The van der Waals surface area contributed by atoms with Gasteiger partial charge in [0.2, 0.25) is 0 Å². The van der Waals surface area contributed by atoms with E-state index in [0.29, 0.717) is 11.7 Å². The van der Waals surface area contributed by atoms with Crippen molar-refractivity contribution in [1.29, 1.82) is 0 Å². The van der Waals surface area contributed by atoms with E-state index in [1.165, 1.54) is 0 Å². The normalized spacial score (nSPS) is 20.1. The van der Waals surface area contributed by atoms with Gasteiger partial charge in [-0.25, -0.2) is 0 Å². The van der Waals surface area contributed by atoms with Crippen molar-refractivity contribution in [1.82, 2.24) is 20.8 Å². The van der Waals surface area contributed by atoms with Gasteiger partial charge in [0.15, 0.2) is 11.5 Å². The number of rotatable bonds is 2. The van der Waals surface area contributed by atoms with Crippen LogP contribution in [0, 0.1) is 0 Å². The fraction of sp³-hybridized carbons (Fsp3) is 0.545. The third-order valence-electron chi connectivity index (χ3n) is 2.80. The van der Waals surface area contributed by atoms with Crippen LogP contribution in [-0.2, 0) is 0 Å². The molecule has 0 radical (unpaired) electrons. The highest BCUT2D eigenvalue weighted by Gasteiger charge is 2.17. The number of hydrogen-bond donors (Lipinski definition) is 2. The first-order chi connectivity index (χ1) is 8.20. The number of piperazine rings is 1. The second-order valence-corrected chi connectivity index (χ2v) is 4.16. The first-order valence-electron chi connectivity index (χ1n) is 5.75. The highest BCUT2D eigenvalue weighted by atomic mass is 16.1. The molecule has 0 unspecified atom stereocenters. The summed E-state index contributed by atoms with van der Waals surface area (Å²) >= 11 is 0. The molecule has 17 heavy (non-hydrogen) atoms. The Morgan fingerprint density at radius 1 is 1.53 bits per heavy atom. The first-order valence-corrected chi connectivity index (χ1v) is 5.75. The first kappa shape index (κ1) is 11.8. The van der Waals surface area contributed by atoms with Crippen molar-refractivity contribution in [3.8, 4) is 0 Å². The molecule has 2 heterocycles. The molecule has 92 valence electrons. The summed E-state index contributed by atoms with van der Waals surface area (Å²) in [4.78, 5) is 13.5. The molecule has 2 rings (SSSR count). The lowest BCUT2D eigenvalue weighted by Gasteiger charge is -2.32. The average Bonchev–Trinajstić information content (AvgIpc) is 2.38. The fourth-order valence-corrected chi connectivity index (χ4v) is 1.88. The van der Waals surface area contributed by atoms with E-state index in [0.717, 1.165) is 25.5 Å². The summed E-state index contributed by atoms with van der Waals surface area (Å²) in [5.74, 6) is 0.615. The molecule has 1 aliphatic heterocycles. The highest BCUT2D eigenvalue weighted by molar-refractivity contribution is 5.91. The highest BCUT2D eigenvalue weighted by Crippen LogP contribution is 2.11. The molecular formula is C11H17N5O. The monoisotopic (exact) mass is 235 g/mol. The molecule has 0 bridgehead atoms. The molecule has 2 N–H and O–H groups in total. The molecule has 1 amide bonds. The van der Waals surface area contributed by atoms with E-state index in [1.807, 2.05) is 6.07 Å². The Morgan fingerprint density at radius 3 is 2.94 bits per heavy atom. The van der Waals surface area contributed by atoms with Crippen LogP contribution in [0.3, 0.4) is 0 Å². The van der Waals surface area contributed by atoms with Gasteiger partial charge >= 0.3 is 0 Å². The van der Waals surface area contributed by atoms with E-state index in [4.69, 9.17) is 0 Å². The Labute approximate surface area is 100 Å². The van der Waals surface area contributed by atoms with Crippen molar-refractivity contribution in [2.45, 2.75) is 13.0 Å². The van der Waals surface area contributed by atoms with Crippen molar-refractivity contribution < 1.29 is 4.79 Å². The quantitative estimate of drug-likeness (QED) is 0.732. The van der Waals surface area contributed by atoms with Crippen molar-refractivity contribution in [3.05, 3.63) is 17.8 Å². The van der Waals surface area contributed by atoms with Crippen LogP contribution in [0.2, 0.25) is 0 Å². The molecular weight excluding hydrogens is 218 g/mol. The lowest BCUT2D eigenvalue weighted by Crippen LogP contribution is -2.49. The van der Waals surface area contributed by atoms with Crippen LogP contribution in [0.15, 0.2) is 12.1 Å². The van der Waals surface area contributed by atoms with Gasteiger partial charge in [-0.05, 0) is 19.1 Å². The van der Waals surface area contributed by atoms with Crippen LogP contribution in [0.1, 0.15) is 17.4 Å². The third-order valence-corrected chi connectivity index (χ3v) is 2.80. The topological polar surface area (TPSA) is 70.2 Å². The van der Waals surface area contributed by atoms with E-state index in [9.17, 15) is 4.79 Å². The predicted octanol–water partition coefficient (Wildman–Crippen LogP) is -0.366. The van der Waals surface area contributed by atoms with E-state index in [1.54, 1.807) is 13.1 Å². The number of nitrogens with zero attached hydrogens (tertiary/aromatic N) is 3. The average molecular weight is 235 g/mol. The molecule has 1 aliphatic rings. The predicted molar refractivity (Wildman–Crippen MR) is 65.1 cm³/mol. The summed E-state index contributed by atoms with van der Waals surface area (Å²) in [7, 11) is 1.58. The van der Waals surface area contributed by atoms with Crippen LogP contribution in [0.5, 0.6) is 0 Å². The Kier molecular flexibility index (Phi) is 3.53. The second kappa shape index (κ2) is 5.09. The molecule has 0 saturated carbocycles. The van der Waals surface area contributed by atoms with E-state index < -0.39 is 0 Å². The molecule has 1 saturated heterocycles. The van der Waals surface area contributed by atoms with Gasteiger partial charge in [-0.3, -0.25) is 4.79 Å². The Hall–Kier alpha value is -1.69. The van der Waals surface area contributed by atoms with Crippen LogP contribution in [0.25, 0.3) is 0 Å². The van der Waals surface area contributed by atoms with Gasteiger partial charge in [-0.1, -0.05) is 0 Å². The molecule has 1 aromatic rings. The Bertz CT molecular complexity index is 391. The summed E-state index contributed by atoms with van der Waals surface area (Å²) < 4.78 is 0. The molecule has 0 aliphatic carbocycles. The summed E-state index contributed by atoms with van der Waals surface area (Å²) in [6.45, 7) is 4.91. The second-order valence-electron chi connectivity index (χ2n) is 4.16. The number of anilines is 1. The maximum atomic E-state index is 11.3. The Balaban J connectivity index is 2.09. The fourth-order valence-electron chi connectivity index (χ4n) is 1.88. The molecule has 0 aromatic carbocycles. The van der Waals surface area contributed by atoms with Gasteiger partial charge in [0.25, 0.3) is 5.91 Å². The summed E-state index contributed by atoms with van der Waals surface area (Å²) in [6.07, 6.45) is 0. The van der Waals surface area contributed by atoms with Gasteiger partial charge in [0, 0.05) is 32.7 Å². The van der Waals surface area contributed by atoms with Crippen molar-refractivity contribution in [2.24, 2.45) is 0 Å². The van der Waals surface area contributed by atoms with Crippen molar-refractivity contribution in [3.63, 3.8) is 0 Å². The minimum Gasteiger partial charge on any atom is -0.354 e. The molecule has 1 aromatic heterocycles. The van der Waals surface area contributed by atoms with Gasteiger partial charge in [0.1, 0.15) is 0 Å². The van der Waals surface area contributed by atoms with Gasteiger partial charge in [-0.15, -0.1) is 10.2 Å². The van der Waals surface area contributed by atoms with E-state index >= 15 is 0 Å². The summed E-state index contributed by atoms with van der Waals surface area (Å²) in [5.41, 5.74) is 0.347. The number of carbonyl (C=O) groups excluding carboxylic acids is 1. The minimum absolute atomic E-state index is 0.210. The summed E-state index contributed by atoms with van der Waals surface area (Å²) in [5, 5.41) is 13.9. The molecule has 1 fully saturated rings. The number of aromatic nitrogens is 2. The van der Waals surface area contributed by atoms with Crippen LogP contribution in [0.4, 0.5) is 5.82 Å². The maximum absolute atomic E-state index is 11.3. The number of carbonyl (C=O) groups is 1. The molecule has 1 atom stereocenters. The van der Waals surface area contributed by atoms with Crippen LogP contribution >= 0.6 is 0 Å².